The molecule has 20 heavy (non-hydrogen) atoms. The van der Waals surface area contributed by atoms with E-state index in [0.29, 0.717) is 16.2 Å². The maximum absolute atomic E-state index is 6.21. The van der Waals surface area contributed by atoms with E-state index in [2.05, 4.69) is 19.9 Å². The molecular weight excluding hydrogens is 292 g/mol. The highest BCUT2D eigenvalue weighted by Gasteiger charge is 2.28. The van der Waals surface area contributed by atoms with Crippen molar-refractivity contribution < 1.29 is 0 Å². The van der Waals surface area contributed by atoms with E-state index in [4.69, 9.17) is 11.6 Å². The standard InChI is InChI=1S/C14H15ClN4S/c1-7-6-8(2)17-14(16-7)20-13-9(3)11(15)18-12(19-13)10-4-5-10/h6,10H,4-5H2,1-3H3. The zero-order chi connectivity index (χ0) is 14.3. The summed E-state index contributed by atoms with van der Waals surface area (Å²) in [7, 11) is 0. The number of hydrogen-bond donors (Lipinski definition) is 0. The van der Waals surface area contributed by atoms with Gasteiger partial charge in [-0.3, -0.25) is 0 Å². The third kappa shape index (κ3) is 2.94. The average molecular weight is 307 g/mol. The second kappa shape index (κ2) is 5.30. The van der Waals surface area contributed by atoms with Crippen molar-refractivity contribution in [2.45, 2.75) is 49.7 Å². The third-order valence-electron chi connectivity index (χ3n) is 3.15. The van der Waals surface area contributed by atoms with Crippen LogP contribution in [0.5, 0.6) is 0 Å². The van der Waals surface area contributed by atoms with E-state index in [1.54, 1.807) is 0 Å². The minimum absolute atomic E-state index is 0.479. The summed E-state index contributed by atoms with van der Waals surface area (Å²) in [5, 5.41) is 2.10. The Labute approximate surface area is 127 Å². The van der Waals surface area contributed by atoms with Crippen molar-refractivity contribution in [1.82, 2.24) is 19.9 Å². The van der Waals surface area contributed by atoms with Gasteiger partial charge in [-0.15, -0.1) is 0 Å². The molecular formula is C14H15ClN4S. The molecule has 1 saturated carbocycles. The van der Waals surface area contributed by atoms with Crippen LogP contribution in [0, 0.1) is 20.8 Å². The molecule has 0 atom stereocenters. The Balaban J connectivity index is 1.96. The molecule has 0 bridgehead atoms. The first-order valence-electron chi connectivity index (χ1n) is 6.57. The zero-order valence-electron chi connectivity index (χ0n) is 11.6. The summed E-state index contributed by atoms with van der Waals surface area (Å²) in [5.74, 6) is 1.33. The maximum atomic E-state index is 6.21. The monoisotopic (exact) mass is 306 g/mol. The Hall–Kier alpha value is -1.20. The lowest BCUT2D eigenvalue weighted by molar-refractivity contribution is 0.852. The van der Waals surface area contributed by atoms with Crippen LogP contribution in [0.2, 0.25) is 5.15 Å². The molecule has 0 spiro atoms. The van der Waals surface area contributed by atoms with E-state index in [9.17, 15) is 0 Å². The molecule has 104 valence electrons. The first kappa shape index (κ1) is 13.8. The number of aryl methyl sites for hydroxylation is 2. The molecule has 2 aromatic heterocycles. The van der Waals surface area contributed by atoms with Crippen LogP contribution in [-0.2, 0) is 0 Å². The number of hydrogen-bond acceptors (Lipinski definition) is 5. The predicted octanol–water partition coefficient (Wildman–Crippen LogP) is 3.87. The molecule has 0 amide bonds. The Kier molecular flexibility index (Phi) is 3.65. The van der Waals surface area contributed by atoms with Gasteiger partial charge in [-0.1, -0.05) is 11.6 Å². The first-order valence-corrected chi connectivity index (χ1v) is 7.76. The van der Waals surface area contributed by atoms with Crippen molar-refractivity contribution in [1.29, 1.82) is 0 Å². The van der Waals surface area contributed by atoms with Gasteiger partial charge < -0.3 is 0 Å². The highest BCUT2D eigenvalue weighted by molar-refractivity contribution is 7.99. The Morgan fingerprint density at radius 2 is 1.70 bits per heavy atom. The summed E-state index contributed by atoms with van der Waals surface area (Å²) in [6.07, 6.45) is 2.31. The van der Waals surface area contributed by atoms with Crippen molar-refractivity contribution in [2.24, 2.45) is 0 Å². The molecule has 0 unspecified atom stereocenters. The van der Waals surface area contributed by atoms with Crippen LogP contribution < -0.4 is 0 Å². The number of nitrogens with zero attached hydrogens (tertiary/aromatic N) is 4. The maximum Gasteiger partial charge on any atom is 0.194 e. The molecule has 0 aromatic carbocycles. The first-order chi connectivity index (χ1) is 9.52. The number of halogens is 1. The fourth-order valence-electron chi connectivity index (χ4n) is 1.93. The van der Waals surface area contributed by atoms with Gasteiger partial charge in [0.2, 0.25) is 0 Å². The third-order valence-corrected chi connectivity index (χ3v) is 4.48. The van der Waals surface area contributed by atoms with Crippen molar-refractivity contribution in [3.63, 3.8) is 0 Å². The van der Waals surface area contributed by atoms with E-state index in [1.165, 1.54) is 11.8 Å². The Morgan fingerprint density at radius 1 is 1.05 bits per heavy atom. The van der Waals surface area contributed by atoms with Gasteiger partial charge in [-0.25, -0.2) is 19.9 Å². The fourth-order valence-corrected chi connectivity index (χ4v) is 3.11. The molecule has 0 saturated heterocycles. The van der Waals surface area contributed by atoms with Gasteiger partial charge in [0, 0.05) is 22.9 Å². The van der Waals surface area contributed by atoms with Crippen molar-refractivity contribution in [2.75, 3.05) is 0 Å². The molecule has 1 aliphatic rings. The second-order valence-electron chi connectivity index (χ2n) is 5.11. The number of rotatable bonds is 3. The molecule has 3 rings (SSSR count). The molecule has 2 aromatic rings. The van der Waals surface area contributed by atoms with E-state index in [1.807, 2.05) is 26.8 Å². The summed E-state index contributed by atoms with van der Waals surface area (Å²) in [6.45, 7) is 5.87. The lowest BCUT2D eigenvalue weighted by Gasteiger charge is -2.08. The molecule has 4 nitrogen and oxygen atoms in total. The quantitative estimate of drug-likeness (QED) is 0.636. The van der Waals surface area contributed by atoms with Crippen LogP contribution in [-0.4, -0.2) is 19.9 Å². The van der Waals surface area contributed by atoms with Gasteiger partial charge in [0.25, 0.3) is 0 Å². The molecule has 0 N–H and O–H groups in total. The molecule has 6 heteroatoms. The highest BCUT2D eigenvalue weighted by atomic mass is 35.5. The summed E-state index contributed by atoms with van der Waals surface area (Å²) >= 11 is 7.67. The lowest BCUT2D eigenvalue weighted by Crippen LogP contribution is -2.00. The van der Waals surface area contributed by atoms with Crippen molar-refractivity contribution in [3.05, 3.63) is 34.0 Å². The minimum atomic E-state index is 0.479. The van der Waals surface area contributed by atoms with Gasteiger partial charge in [-0.05, 0) is 51.4 Å². The van der Waals surface area contributed by atoms with Gasteiger partial charge in [0.15, 0.2) is 5.16 Å². The average Bonchev–Trinajstić information content (AvgIpc) is 3.17. The van der Waals surface area contributed by atoms with Crippen LogP contribution in [0.1, 0.15) is 41.5 Å². The van der Waals surface area contributed by atoms with Crippen molar-refractivity contribution in [3.8, 4) is 0 Å². The number of aromatic nitrogens is 4. The minimum Gasteiger partial charge on any atom is -0.228 e. The predicted molar refractivity (Wildman–Crippen MR) is 79.4 cm³/mol. The van der Waals surface area contributed by atoms with Crippen LogP contribution in [0.25, 0.3) is 0 Å². The van der Waals surface area contributed by atoms with Crippen LogP contribution >= 0.6 is 23.4 Å². The highest BCUT2D eigenvalue weighted by Crippen LogP contribution is 2.40. The van der Waals surface area contributed by atoms with E-state index in [-0.39, 0.29) is 0 Å². The second-order valence-corrected chi connectivity index (χ2v) is 6.43. The van der Waals surface area contributed by atoms with Gasteiger partial charge in [0.1, 0.15) is 16.0 Å². The molecule has 0 aliphatic heterocycles. The van der Waals surface area contributed by atoms with Crippen molar-refractivity contribution >= 4 is 23.4 Å². The van der Waals surface area contributed by atoms with Crippen LogP contribution in [0.4, 0.5) is 0 Å². The molecule has 2 heterocycles. The molecule has 1 aliphatic carbocycles. The normalized spacial score (nSPS) is 14.6. The smallest absolute Gasteiger partial charge is 0.194 e. The Morgan fingerprint density at radius 3 is 2.30 bits per heavy atom. The molecule has 1 fully saturated rings. The molecule has 0 radical (unpaired) electrons. The topological polar surface area (TPSA) is 51.6 Å². The summed E-state index contributed by atoms with van der Waals surface area (Å²) in [4.78, 5) is 17.9. The van der Waals surface area contributed by atoms with Gasteiger partial charge in [0.05, 0.1) is 0 Å². The van der Waals surface area contributed by atoms with Gasteiger partial charge in [-0.2, -0.15) is 0 Å². The lowest BCUT2D eigenvalue weighted by atomic mass is 10.3. The van der Waals surface area contributed by atoms with E-state index >= 15 is 0 Å². The summed E-state index contributed by atoms with van der Waals surface area (Å²) in [6, 6.07) is 1.96. The van der Waals surface area contributed by atoms with Crippen LogP contribution in [0.3, 0.4) is 0 Å². The van der Waals surface area contributed by atoms with Gasteiger partial charge >= 0.3 is 0 Å². The zero-order valence-corrected chi connectivity index (χ0v) is 13.2. The summed E-state index contributed by atoms with van der Waals surface area (Å²) in [5.41, 5.74) is 2.81. The fraction of sp³-hybridized carbons (Fsp3) is 0.429. The largest absolute Gasteiger partial charge is 0.228 e. The van der Waals surface area contributed by atoms with E-state index in [0.717, 1.165) is 40.6 Å². The van der Waals surface area contributed by atoms with Crippen LogP contribution in [0.15, 0.2) is 16.2 Å². The Bertz CT molecular complexity index is 650. The summed E-state index contributed by atoms with van der Waals surface area (Å²) < 4.78 is 0. The van der Waals surface area contributed by atoms with E-state index < -0.39 is 0 Å². The SMILES string of the molecule is Cc1cc(C)nc(Sc2nc(C3CC3)nc(Cl)c2C)n1.